The second-order valence-corrected chi connectivity index (χ2v) is 7.50. The summed E-state index contributed by atoms with van der Waals surface area (Å²) in [5.74, 6) is 0. The van der Waals surface area contributed by atoms with E-state index in [4.69, 9.17) is 11.6 Å². The number of nitrogens with zero attached hydrogens (tertiary/aromatic N) is 3. The van der Waals surface area contributed by atoms with Crippen molar-refractivity contribution in [2.75, 3.05) is 20.6 Å². The Balaban J connectivity index is 2.23. The van der Waals surface area contributed by atoms with Crippen LogP contribution in [0.1, 0.15) is 0 Å². The van der Waals surface area contributed by atoms with E-state index in [1.165, 1.54) is 0 Å². The Labute approximate surface area is 162 Å². The summed E-state index contributed by atoms with van der Waals surface area (Å²) in [4.78, 5) is 15.6. The fourth-order valence-corrected chi connectivity index (χ4v) is 3.99. The SMILES string of the molecule is C=CCn1c2ccc(Cl)cc2c2c3ccccc3n(CCN(C)C)c(=O)c21. The van der Waals surface area contributed by atoms with Gasteiger partial charge in [0.15, 0.2) is 0 Å². The monoisotopic (exact) mass is 379 g/mol. The van der Waals surface area contributed by atoms with E-state index in [0.29, 0.717) is 23.6 Å². The molecular formula is C22H22ClN3O. The first-order valence-electron chi connectivity index (χ1n) is 9.01. The lowest BCUT2D eigenvalue weighted by atomic mass is 10.1. The van der Waals surface area contributed by atoms with Crippen molar-refractivity contribution in [1.29, 1.82) is 0 Å². The van der Waals surface area contributed by atoms with Crippen molar-refractivity contribution in [3.63, 3.8) is 0 Å². The molecule has 27 heavy (non-hydrogen) atoms. The molecule has 0 spiro atoms. The average molecular weight is 380 g/mol. The molecule has 0 saturated heterocycles. The third-order valence-electron chi connectivity index (χ3n) is 5.02. The summed E-state index contributed by atoms with van der Waals surface area (Å²) in [5, 5.41) is 3.71. The van der Waals surface area contributed by atoms with Crippen molar-refractivity contribution in [3.8, 4) is 0 Å². The van der Waals surface area contributed by atoms with E-state index in [0.717, 1.165) is 33.7 Å². The van der Waals surface area contributed by atoms with Crippen LogP contribution in [0.15, 0.2) is 59.9 Å². The number of allylic oxidation sites excluding steroid dienone is 1. The van der Waals surface area contributed by atoms with Gasteiger partial charge in [-0.1, -0.05) is 35.9 Å². The maximum absolute atomic E-state index is 13.6. The molecule has 4 nitrogen and oxygen atoms in total. The molecule has 0 aliphatic carbocycles. The zero-order valence-electron chi connectivity index (χ0n) is 15.6. The molecule has 2 heterocycles. The number of aromatic nitrogens is 2. The molecule has 0 bridgehead atoms. The molecule has 0 unspecified atom stereocenters. The summed E-state index contributed by atoms with van der Waals surface area (Å²) in [6.45, 7) is 5.88. The third kappa shape index (κ3) is 2.85. The lowest BCUT2D eigenvalue weighted by Crippen LogP contribution is -2.28. The Morgan fingerprint density at radius 3 is 2.56 bits per heavy atom. The second kappa shape index (κ2) is 6.87. The van der Waals surface area contributed by atoms with Crippen LogP contribution in [0.25, 0.3) is 32.7 Å². The molecule has 0 radical (unpaired) electrons. The van der Waals surface area contributed by atoms with Gasteiger partial charge in [0.2, 0.25) is 0 Å². The summed E-state index contributed by atoms with van der Waals surface area (Å²) < 4.78 is 3.94. The molecule has 0 amide bonds. The fraction of sp³-hybridized carbons (Fsp3) is 0.227. The highest BCUT2D eigenvalue weighted by atomic mass is 35.5. The first kappa shape index (κ1) is 17.8. The molecular weight excluding hydrogens is 358 g/mol. The Kier molecular flexibility index (Phi) is 4.54. The summed E-state index contributed by atoms with van der Waals surface area (Å²) in [6, 6.07) is 13.9. The largest absolute Gasteiger partial charge is 0.332 e. The summed E-state index contributed by atoms with van der Waals surface area (Å²) in [5.41, 5.74) is 2.70. The number of rotatable bonds is 5. The van der Waals surface area contributed by atoms with Crippen LogP contribution >= 0.6 is 11.6 Å². The zero-order chi connectivity index (χ0) is 19.1. The molecule has 0 aliphatic heterocycles. The topological polar surface area (TPSA) is 30.2 Å². The molecule has 2 aromatic heterocycles. The molecule has 138 valence electrons. The van der Waals surface area contributed by atoms with Gasteiger partial charge >= 0.3 is 0 Å². The molecule has 0 aliphatic rings. The van der Waals surface area contributed by atoms with Gasteiger partial charge < -0.3 is 14.0 Å². The predicted molar refractivity (Wildman–Crippen MR) is 115 cm³/mol. The Morgan fingerprint density at radius 1 is 1.07 bits per heavy atom. The molecule has 0 atom stereocenters. The first-order chi connectivity index (χ1) is 13.0. The predicted octanol–water partition coefficient (Wildman–Crippen LogP) is 4.51. The first-order valence-corrected chi connectivity index (χ1v) is 9.39. The molecule has 2 aromatic carbocycles. The van der Waals surface area contributed by atoms with Gasteiger partial charge in [-0.2, -0.15) is 0 Å². The van der Waals surface area contributed by atoms with Crippen LogP contribution in [0, 0.1) is 0 Å². The number of pyridine rings is 1. The van der Waals surface area contributed by atoms with E-state index in [2.05, 4.69) is 22.1 Å². The number of benzene rings is 2. The summed E-state index contributed by atoms with van der Waals surface area (Å²) in [7, 11) is 4.03. The maximum Gasteiger partial charge on any atom is 0.275 e. The quantitative estimate of drug-likeness (QED) is 0.477. The number of likely N-dealkylation sites (N-methyl/N-ethyl adjacent to an activating group) is 1. The van der Waals surface area contributed by atoms with E-state index >= 15 is 0 Å². The van der Waals surface area contributed by atoms with Crippen LogP contribution in [-0.4, -0.2) is 34.7 Å². The van der Waals surface area contributed by atoms with Crippen molar-refractivity contribution >= 4 is 44.3 Å². The van der Waals surface area contributed by atoms with Crippen LogP contribution in [0.3, 0.4) is 0 Å². The van der Waals surface area contributed by atoms with Gasteiger partial charge in [-0.15, -0.1) is 6.58 Å². The molecule has 5 heteroatoms. The minimum absolute atomic E-state index is 0.0275. The van der Waals surface area contributed by atoms with Gasteiger partial charge in [-0.3, -0.25) is 4.79 Å². The Morgan fingerprint density at radius 2 is 1.81 bits per heavy atom. The van der Waals surface area contributed by atoms with Gasteiger partial charge in [-0.25, -0.2) is 0 Å². The normalized spacial score (nSPS) is 11.9. The number of fused-ring (bicyclic) bond motifs is 5. The van der Waals surface area contributed by atoms with Crippen molar-refractivity contribution in [2.45, 2.75) is 13.1 Å². The Hall–Kier alpha value is -2.56. The molecule has 0 saturated carbocycles. The van der Waals surface area contributed by atoms with Gasteiger partial charge in [0.05, 0.1) is 5.52 Å². The molecule has 0 N–H and O–H groups in total. The van der Waals surface area contributed by atoms with E-state index in [9.17, 15) is 4.79 Å². The second-order valence-electron chi connectivity index (χ2n) is 7.06. The highest BCUT2D eigenvalue weighted by molar-refractivity contribution is 6.32. The van der Waals surface area contributed by atoms with E-state index in [-0.39, 0.29) is 5.56 Å². The zero-order valence-corrected chi connectivity index (χ0v) is 16.3. The van der Waals surface area contributed by atoms with Crippen LogP contribution in [0.4, 0.5) is 0 Å². The number of hydrogen-bond acceptors (Lipinski definition) is 2. The van der Waals surface area contributed by atoms with Gasteiger partial charge in [0.25, 0.3) is 5.56 Å². The standard InChI is InChI=1S/C22H22ClN3O/c1-4-11-25-19-10-9-15(23)14-17(19)20-16-7-5-6-8-18(16)26(13-12-24(2)3)22(27)21(20)25/h4-10,14H,1,11-13H2,2-3H3. The van der Waals surface area contributed by atoms with Crippen molar-refractivity contribution in [1.82, 2.24) is 14.0 Å². The summed E-state index contributed by atoms with van der Waals surface area (Å²) in [6.07, 6.45) is 1.83. The summed E-state index contributed by atoms with van der Waals surface area (Å²) >= 11 is 6.29. The van der Waals surface area contributed by atoms with Crippen LogP contribution < -0.4 is 5.56 Å². The van der Waals surface area contributed by atoms with E-state index in [1.54, 1.807) is 0 Å². The van der Waals surface area contributed by atoms with Crippen molar-refractivity contribution in [3.05, 3.63) is 70.5 Å². The molecule has 0 fully saturated rings. The highest BCUT2D eigenvalue weighted by Gasteiger charge is 2.19. The average Bonchev–Trinajstić information content (AvgIpc) is 2.96. The number of hydrogen-bond donors (Lipinski definition) is 0. The number of para-hydroxylation sites is 1. The third-order valence-corrected chi connectivity index (χ3v) is 5.25. The van der Waals surface area contributed by atoms with Gasteiger partial charge in [0.1, 0.15) is 5.52 Å². The Bertz CT molecular complexity index is 1230. The van der Waals surface area contributed by atoms with E-state index in [1.807, 2.05) is 61.1 Å². The minimum Gasteiger partial charge on any atom is -0.332 e. The van der Waals surface area contributed by atoms with Crippen molar-refractivity contribution < 1.29 is 0 Å². The molecule has 4 aromatic rings. The van der Waals surface area contributed by atoms with Crippen LogP contribution in [-0.2, 0) is 13.1 Å². The van der Waals surface area contributed by atoms with Crippen LogP contribution in [0.5, 0.6) is 0 Å². The highest BCUT2D eigenvalue weighted by Crippen LogP contribution is 2.34. The van der Waals surface area contributed by atoms with Gasteiger partial charge in [0, 0.05) is 46.3 Å². The number of halogens is 1. The van der Waals surface area contributed by atoms with E-state index < -0.39 is 0 Å². The van der Waals surface area contributed by atoms with Crippen molar-refractivity contribution in [2.24, 2.45) is 0 Å². The maximum atomic E-state index is 13.6. The molecule has 4 rings (SSSR count). The fourth-order valence-electron chi connectivity index (χ4n) is 3.82. The van der Waals surface area contributed by atoms with Gasteiger partial charge in [-0.05, 0) is 38.4 Å². The smallest absolute Gasteiger partial charge is 0.275 e. The minimum atomic E-state index is 0.0275. The lowest BCUT2D eigenvalue weighted by Gasteiger charge is -2.15. The van der Waals surface area contributed by atoms with Crippen LogP contribution in [0.2, 0.25) is 5.02 Å². The lowest BCUT2D eigenvalue weighted by molar-refractivity contribution is 0.384.